The number of anilines is 2. The van der Waals surface area contributed by atoms with Gasteiger partial charge in [-0.05, 0) is 77.2 Å². The van der Waals surface area contributed by atoms with Crippen LogP contribution in [0, 0.1) is 0 Å². The first-order valence-corrected chi connectivity index (χ1v) is 14.8. The van der Waals surface area contributed by atoms with Gasteiger partial charge in [-0.3, -0.25) is 14.4 Å². The second kappa shape index (κ2) is 25.9. The second-order valence-corrected chi connectivity index (χ2v) is 9.74. The van der Waals surface area contributed by atoms with Crippen LogP contribution in [0.3, 0.4) is 0 Å². The molecule has 3 amide bonds. The highest BCUT2D eigenvalue weighted by Crippen LogP contribution is 2.05. The lowest BCUT2D eigenvalue weighted by Crippen LogP contribution is -2.29. The Hall–Kier alpha value is -5.03. The maximum absolute atomic E-state index is 10.9. The average Bonchev–Trinajstić information content (AvgIpc) is 3.11. The summed E-state index contributed by atoms with van der Waals surface area (Å²) in [7, 11) is -5.68. The summed E-state index contributed by atoms with van der Waals surface area (Å²) in [6.45, 7) is 13.9. The second-order valence-electron chi connectivity index (χ2n) is 9.74. The Kier molecular flexibility index (Phi) is 23.3. The van der Waals surface area contributed by atoms with Crippen LogP contribution in [0.5, 0.6) is 0 Å². The van der Waals surface area contributed by atoms with Gasteiger partial charge in [-0.2, -0.15) is 0 Å². The van der Waals surface area contributed by atoms with Crippen molar-refractivity contribution in [2.75, 3.05) is 17.2 Å². The summed E-state index contributed by atoms with van der Waals surface area (Å²) in [5.74, 6) is -0.880. The van der Waals surface area contributed by atoms with Crippen molar-refractivity contribution in [1.82, 2.24) is 5.32 Å². The largest absolute Gasteiger partial charge is 0.488 e. The number of hydrogen-bond acceptors (Lipinski definition) is 11. The van der Waals surface area contributed by atoms with Crippen molar-refractivity contribution in [3.63, 3.8) is 0 Å². The highest BCUT2D eigenvalue weighted by molar-refractivity contribution is 6.59. The SMILES string of the molecule is C=CC(=O)NCCCB(O)O.C=CC(=O)Nc1ccc(B(O)O)cc1.C=CC(=O)Nc1cccc(B(O)O)c1.C=Cc1ccc(B(O)O)cc1. The van der Waals surface area contributed by atoms with Gasteiger partial charge in [0.25, 0.3) is 0 Å². The summed E-state index contributed by atoms with van der Waals surface area (Å²) in [5.41, 5.74) is 3.25. The number of amides is 3. The summed E-state index contributed by atoms with van der Waals surface area (Å²) >= 11 is 0. The van der Waals surface area contributed by atoms with Crippen LogP contribution >= 0.6 is 0 Å². The molecule has 262 valence electrons. The van der Waals surface area contributed by atoms with E-state index in [1.807, 2.05) is 0 Å². The number of hydrogen-bond donors (Lipinski definition) is 11. The third-order valence-electron chi connectivity index (χ3n) is 5.89. The zero-order chi connectivity index (χ0) is 38.1. The topological polar surface area (TPSA) is 249 Å². The van der Waals surface area contributed by atoms with Gasteiger partial charge in [0.15, 0.2) is 0 Å². The molecule has 0 radical (unpaired) electrons. The van der Waals surface area contributed by atoms with E-state index in [4.69, 9.17) is 40.2 Å². The number of benzene rings is 3. The van der Waals surface area contributed by atoms with Crippen LogP contribution < -0.4 is 32.3 Å². The fourth-order valence-corrected chi connectivity index (χ4v) is 3.27. The minimum Gasteiger partial charge on any atom is -0.427 e. The monoisotopic (exact) mass is 687 g/mol. The number of carbonyl (C=O) groups excluding carboxylic acids is 3. The molecule has 11 N–H and O–H groups in total. The fraction of sp³-hybridized carbons (Fsp3) is 0.0938. The lowest BCUT2D eigenvalue weighted by molar-refractivity contribution is -0.116. The minimum absolute atomic E-state index is 0.238. The number of nitrogens with one attached hydrogen (secondary N) is 3. The van der Waals surface area contributed by atoms with Crippen LogP contribution in [0.2, 0.25) is 6.32 Å². The van der Waals surface area contributed by atoms with Crippen LogP contribution in [0.4, 0.5) is 11.4 Å². The van der Waals surface area contributed by atoms with E-state index in [1.165, 1.54) is 24.3 Å². The summed E-state index contributed by atoms with van der Waals surface area (Å²) < 4.78 is 0. The quantitative estimate of drug-likeness (QED) is 0.0541. The molecule has 0 unspecified atom stereocenters. The van der Waals surface area contributed by atoms with Crippen molar-refractivity contribution in [2.45, 2.75) is 12.7 Å². The normalized spacial score (nSPS) is 9.20. The van der Waals surface area contributed by atoms with Crippen molar-refractivity contribution in [1.29, 1.82) is 0 Å². The summed E-state index contributed by atoms with van der Waals surface area (Å²) in [6, 6.07) is 19.4. The lowest BCUT2D eigenvalue weighted by Gasteiger charge is -2.04. The maximum atomic E-state index is 10.9. The molecule has 3 aromatic carbocycles. The van der Waals surface area contributed by atoms with Crippen molar-refractivity contribution < 1.29 is 54.6 Å². The van der Waals surface area contributed by atoms with Gasteiger partial charge < -0.3 is 56.1 Å². The Labute approximate surface area is 292 Å². The molecule has 50 heavy (non-hydrogen) atoms. The number of carbonyl (C=O) groups is 3. The van der Waals surface area contributed by atoms with Crippen LogP contribution in [0.15, 0.2) is 117 Å². The Morgan fingerprint density at radius 1 is 0.580 bits per heavy atom. The molecule has 0 spiro atoms. The Bertz CT molecular complexity index is 1510. The molecule has 3 aromatic rings. The van der Waals surface area contributed by atoms with Gasteiger partial charge in [0.05, 0.1) is 0 Å². The fourth-order valence-electron chi connectivity index (χ4n) is 3.27. The van der Waals surface area contributed by atoms with Crippen LogP contribution in [-0.4, -0.2) is 92.9 Å². The third kappa shape index (κ3) is 21.0. The molecule has 0 bridgehead atoms. The standard InChI is InChI=1S/2C9H10BNO3.C8H9BO2.C6H12BNO3/c1-2-9(12)11-8-5-3-7(4-6-8)10(13)14;1-2-9(12)11-8-5-3-4-7(6-8)10(13)14;1-2-7-3-5-8(6-4-7)9(10)11;1-2-6(9)8-5-3-4-7(10)11/h2*2-6,13-14H,1H2,(H,11,12);2-6,10-11H,1H2;2,10-11H,1,3-5H2,(H,8,9). The maximum Gasteiger partial charge on any atom is 0.488 e. The molecular formula is C32H41B4N3O11. The molecule has 0 aliphatic rings. The predicted octanol–water partition coefficient (Wildman–Crippen LogP) is -1.86. The summed E-state index contributed by atoms with van der Waals surface area (Å²) in [6.07, 6.45) is 6.01. The molecule has 0 aliphatic heterocycles. The molecule has 0 heterocycles. The highest BCUT2D eigenvalue weighted by atomic mass is 16.4. The van der Waals surface area contributed by atoms with E-state index in [0.29, 0.717) is 40.7 Å². The van der Waals surface area contributed by atoms with Gasteiger partial charge in [-0.15, -0.1) is 0 Å². The summed E-state index contributed by atoms with van der Waals surface area (Å²) in [5, 5.41) is 77.1. The third-order valence-corrected chi connectivity index (χ3v) is 5.89. The molecule has 0 saturated heterocycles. The number of rotatable bonds is 13. The van der Waals surface area contributed by atoms with E-state index in [2.05, 4.69) is 42.3 Å². The first kappa shape index (κ1) is 45.0. The molecule has 3 rings (SSSR count). The van der Waals surface area contributed by atoms with E-state index < -0.39 is 28.5 Å². The molecule has 0 saturated carbocycles. The van der Waals surface area contributed by atoms with Crippen molar-refractivity contribution >= 4 is 80.0 Å². The van der Waals surface area contributed by atoms with E-state index in [9.17, 15) is 14.4 Å². The van der Waals surface area contributed by atoms with E-state index in [1.54, 1.807) is 60.7 Å². The first-order valence-electron chi connectivity index (χ1n) is 14.8. The van der Waals surface area contributed by atoms with Crippen molar-refractivity contribution in [3.05, 3.63) is 123 Å². The van der Waals surface area contributed by atoms with Gasteiger partial charge in [0.1, 0.15) is 0 Å². The van der Waals surface area contributed by atoms with Crippen LogP contribution in [0.25, 0.3) is 6.08 Å². The van der Waals surface area contributed by atoms with Crippen molar-refractivity contribution in [2.24, 2.45) is 0 Å². The van der Waals surface area contributed by atoms with E-state index >= 15 is 0 Å². The Morgan fingerprint density at radius 2 is 1.04 bits per heavy atom. The molecule has 14 nitrogen and oxygen atoms in total. The average molecular weight is 687 g/mol. The molecule has 18 heteroatoms. The summed E-state index contributed by atoms with van der Waals surface area (Å²) in [4.78, 5) is 32.3. The van der Waals surface area contributed by atoms with Crippen molar-refractivity contribution in [3.8, 4) is 0 Å². The Balaban J connectivity index is 0.000000645. The van der Waals surface area contributed by atoms with Crippen LogP contribution in [0.1, 0.15) is 12.0 Å². The van der Waals surface area contributed by atoms with Gasteiger partial charge >= 0.3 is 28.5 Å². The van der Waals surface area contributed by atoms with Gasteiger partial charge in [0, 0.05) is 17.9 Å². The van der Waals surface area contributed by atoms with Crippen LogP contribution in [-0.2, 0) is 14.4 Å². The Morgan fingerprint density at radius 3 is 1.46 bits per heavy atom. The smallest absolute Gasteiger partial charge is 0.427 e. The highest BCUT2D eigenvalue weighted by Gasteiger charge is 2.12. The molecular weight excluding hydrogens is 646 g/mol. The molecule has 0 atom stereocenters. The van der Waals surface area contributed by atoms with Gasteiger partial charge in [-0.25, -0.2) is 0 Å². The molecule has 0 fully saturated rings. The first-order chi connectivity index (χ1) is 23.7. The molecule has 0 aliphatic carbocycles. The van der Waals surface area contributed by atoms with E-state index in [-0.39, 0.29) is 24.0 Å². The van der Waals surface area contributed by atoms with Gasteiger partial charge in [-0.1, -0.05) is 80.9 Å². The minimum atomic E-state index is -1.53. The van der Waals surface area contributed by atoms with Gasteiger partial charge in [0.2, 0.25) is 17.7 Å². The lowest BCUT2D eigenvalue weighted by atomic mass is 9.80. The zero-order valence-corrected chi connectivity index (χ0v) is 27.3. The predicted molar refractivity (Wildman–Crippen MR) is 199 cm³/mol. The van der Waals surface area contributed by atoms with E-state index in [0.717, 1.165) is 17.7 Å². The zero-order valence-electron chi connectivity index (χ0n) is 27.3. The molecule has 0 aromatic heterocycles.